The van der Waals surface area contributed by atoms with Crippen molar-refractivity contribution in [1.29, 1.82) is 5.26 Å². The number of carbonyl (C=O) groups is 1. The average molecular weight is 291 g/mol. The van der Waals surface area contributed by atoms with E-state index in [0.29, 0.717) is 23.4 Å². The van der Waals surface area contributed by atoms with Gasteiger partial charge in [-0.2, -0.15) is 5.26 Å². The Morgan fingerprint density at radius 3 is 3.00 bits per heavy atom. The first-order valence-electron chi connectivity index (χ1n) is 6.76. The van der Waals surface area contributed by atoms with Crippen molar-refractivity contribution in [1.82, 2.24) is 10.0 Å². The van der Waals surface area contributed by atoms with Gasteiger partial charge < -0.3 is 4.42 Å². The zero-order valence-corrected chi connectivity index (χ0v) is 11.7. The van der Waals surface area contributed by atoms with Crippen molar-refractivity contribution in [3.63, 3.8) is 0 Å². The first-order valence-corrected chi connectivity index (χ1v) is 6.76. The summed E-state index contributed by atoms with van der Waals surface area (Å²) in [6.07, 6.45) is 8.77. The molecule has 5 nitrogen and oxygen atoms in total. The molecule has 0 saturated carbocycles. The van der Waals surface area contributed by atoms with Gasteiger partial charge in [0.1, 0.15) is 5.76 Å². The largest absolute Gasteiger partial charge is 0.465 e. The molecule has 0 spiro atoms. The first-order chi connectivity index (χ1) is 10.8. The van der Waals surface area contributed by atoms with Crippen LogP contribution in [-0.4, -0.2) is 22.5 Å². The van der Waals surface area contributed by atoms with Gasteiger partial charge in [-0.3, -0.25) is 9.80 Å². The Balaban J connectivity index is 1.78. The Labute approximate surface area is 127 Å². The lowest BCUT2D eigenvalue weighted by molar-refractivity contribution is 0.0525. The van der Waals surface area contributed by atoms with E-state index in [9.17, 15) is 4.79 Å². The van der Waals surface area contributed by atoms with Crippen molar-refractivity contribution in [2.45, 2.75) is 0 Å². The third kappa shape index (κ3) is 2.76. The summed E-state index contributed by atoms with van der Waals surface area (Å²) in [7, 11) is 0. The molecule has 0 unspecified atom stereocenters. The molecule has 0 radical (unpaired) electrons. The summed E-state index contributed by atoms with van der Waals surface area (Å²) in [5.74, 6) is 0.528. The molecule has 2 aromatic rings. The molecule has 2 heterocycles. The molecular weight excluding hydrogens is 278 g/mol. The minimum Gasteiger partial charge on any atom is -0.465 e. The summed E-state index contributed by atoms with van der Waals surface area (Å²) < 4.78 is 5.23. The lowest BCUT2D eigenvalue weighted by Gasteiger charge is -2.25. The molecule has 5 heteroatoms. The van der Waals surface area contributed by atoms with E-state index < -0.39 is 0 Å². The van der Waals surface area contributed by atoms with Crippen LogP contribution < -0.4 is 0 Å². The fourth-order valence-corrected chi connectivity index (χ4v) is 2.15. The molecular formula is C17H13N3O2. The van der Waals surface area contributed by atoms with E-state index in [4.69, 9.17) is 9.68 Å². The number of nitrogens with zero attached hydrogens (tertiary/aromatic N) is 3. The quantitative estimate of drug-likeness (QED) is 0.872. The molecule has 0 N–H and O–H groups in total. The lowest BCUT2D eigenvalue weighted by atomic mass is 10.1. The topological polar surface area (TPSA) is 60.5 Å². The normalized spacial score (nSPS) is 13.8. The monoisotopic (exact) mass is 291 g/mol. The molecule has 22 heavy (non-hydrogen) atoms. The zero-order valence-electron chi connectivity index (χ0n) is 11.7. The van der Waals surface area contributed by atoms with Gasteiger partial charge in [0.2, 0.25) is 0 Å². The van der Waals surface area contributed by atoms with E-state index in [2.05, 4.69) is 0 Å². The van der Waals surface area contributed by atoms with E-state index in [-0.39, 0.29) is 5.91 Å². The summed E-state index contributed by atoms with van der Waals surface area (Å²) in [6, 6.07) is 12.3. The van der Waals surface area contributed by atoms with Gasteiger partial charge in [0.25, 0.3) is 5.91 Å². The Bertz CT molecular complexity index is 769. The molecule has 1 aliphatic heterocycles. The second kappa shape index (κ2) is 6.02. The van der Waals surface area contributed by atoms with Gasteiger partial charge >= 0.3 is 0 Å². The number of benzene rings is 1. The highest BCUT2D eigenvalue weighted by Gasteiger charge is 2.21. The maximum absolute atomic E-state index is 12.6. The van der Waals surface area contributed by atoms with Gasteiger partial charge in [-0.1, -0.05) is 6.07 Å². The third-order valence-corrected chi connectivity index (χ3v) is 3.22. The van der Waals surface area contributed by atoms with Crippen LogP contribution in [0.3, 0.4) is 0 Å². The van der Waals surface area contributed by atoms with Crippen LogP contribution in [0.4, 0.5) is 0 Å². The summed E-state index contributed by atoms with van der Waals surface area (Å²) in [5, 5.41) is 12.2. The highest BCUT2D eigenvalue weighted by molar-refractivity contribution is 5.95. The number of rotatable bonds is 3. The second-order valence-electron chi connectivity index (χ2n) is 4.68. The number of hydrogen-bond acceptors (Lipinski definition) is 4. The number of hydrazine groups is 1. The van der Waals surface area contributed by atoms with Crippen LogP contribution in [0.5, 0.6) is 0 Å². The second-order valence-corrected chi connectivity index (χ2v) is 4.68. The Morgan fingerprint density at radius 1 is 1.32 bits per heavy atom. The number of nitriles is 1. The molecule has 1 amide bonds. The summed E-state index contributed by atoms with van der Waals surface area (Å²) >= 11 is 0. The van der Waals surface area contributed by atoms with Crippen molar-refractivity contribution in [3.05, 3.63) is 78.0 Å². The highest BCUT2D eigenvalue weighted by Crippen LogP contribution is 2.16. The van der Waals surface area contributed by atoms with Gasteiger partial charge in [-0.15, -0.1) is 0 Å². The van der Waals surface area contributed by atoms with E-state index in [1.165, 1.54) is 5.01 Å². The molecule has 0 bridgehead atoms. The standard InChI is InChI=1S/C17H13N3O2/c18-13-14-4-1-5-15(12-14)17(21)20-9-3-8-19(20)10-7-16-6-2-11-22-16/h1-7,9-12H,8H2. The van der Waals surface area contributed by atoms with Gasteiger partial charge in [0.05, 0.1) is 24.4 Å². The average Bonchev–Trinajstić information content (AvgIpc) is 3.23. The van der Waals surface area contributed by atoms with E-state index in [1.807, 2.05) is 18.2 Å². The summed E-state index contributed by atoms with van der Waals surface area (Å²) in [6.45, 7) is 0.598. The van der Waals surface area contributed by atoms with Crippen LogP contribution in [0.1, 0.15) is 21.7 Å². The van der Waals surface area contributed by atoms with E-state index >= 15 is 0 Å². The molecule has 0 aliphatic carbocycles. The maximum atomic E-state index is 12.6. The van der Waals surface area contributed by atoms with Crippen LogP contribution in [0.15, 0.2) is 65.6 Å². The van der Waals surface area contributed by atoms with E-state index in [1.54, 1.807) is 60.1 Å². The van der Waals surface area contributed by atoms with Gasteiger partial charge in [0.15, 0.2) is 0 Å². The van der Waals surface area contributed by atoms with Crippen molar-refractivity contribution in [3.8, 4) is 6.07 Å². The highest BCUT2D eigenvalue weighted by atomic mass is 16.3. The SMILES string of the molecule is N#Cc1cccc(C(=O)N2C=CCN2C=Cc2ccco2)c1. The number of carbonyl (C=O) groups excluding carboxylic acids is 1. The number of amides is 1. The molecule has 0 fully saturated rings. The molecule has 0 atom stereocenters. The Hall–Kier alpha value is -3.26. The predicted molar refractivity (Wildman–Crippen MR) is 80.9 cm³/mol. The summed E-state index contributed by atoms with van der Waals surface area (Å²) in [4.78, 5) is 12.6. The van der Waals surface area contributed by atoms with Crippen LogP contribution in [0.2, 0.25) is 0 Å². The molecule has 1 aromatic heterocycles. The lowest BCUT2D eigenvalue weighted by Crippen LogP contribution is -2.35. The van der Waals surface area contributed by atoms with Crippen LogP contribution >= 0.6 is 0 Å². The summed E-state index contributed by atoms with van der Waals surface area (Å²) in [5.41, 5.74) is 0.939. The van der Waals surface area contributed by atoms with Crippen LogP contribution in [-0.2, 0) is 0 Å². The Morgan fingerprint density at radius 2 is 2.23 bits per heavy atom. The van der Waals surface area contributed by atoms with Crippen LogP contribution in [0.25, 0.3) is 6.08 Å². The van der Waals surface area contributed by atoms with Crippen molar-refractivity contribution >= 4 is 12.0 Å². The smallest absolute Gasteiger partial charge is 0.276 e. The van der Waals surface area contributed by atoms with Gasteiger partial charge in [-0.25, -0.2) is 5.01 Å². The fourth-order valence-electron chi connectivity index (χ4n) is 2.15. The third-order valence-electron chi connectivity index (χ3n) is 3.22. The number of furan rings is 1. The van der Waals surface area contributed by atoms with Gasteiger partial charge in [-0.05, 0) is 42.5 Å². The fraction of sp³-hybridized carbons (Fsp3) is 0.0588. The Kier molecular flexibility index (Phi) is 3.75. The molecule has 0 saturated heterocycles. The van der Waals surface area contributed by atoms with Crippen molar-refractivity contribution in [2.24, 2.45) is 0 Å². The first kappa shape index (κ1) is 13.7. The molecule has 108 valence electrons. The minimum absolute atomic E-state index is 0.185. The maximum Gasteiger partial charge on any atom is 0.276 e. The predicted octanol–water partition coefficient (Wildman–Crippen LogP) is 3.01. The molecule has 3 rings (SSSR count). The number of hydrogen-bond donors (Lipinski definition) is 0. The van der Waals surface area contributed by atoms with Crippen molar-refractivity contribution < 1.29 is 9.21 Å². The minimum atomic E-state index is -0.185. The van der Waals surface area contributed by atoms with E-state index in [0.717, 1.165) is 0 Å². The zero-order chi connectivity index (χ0) is 15.4. The molecule has 1 aliphatic rings. The van der Waals surface area contributed by atoms with Crippen molar-refractivity contribution in [2.75, 3.05) is 6.54 Å². The van der Waals surface area contributed by atoms with Gasteiger partial charge in [0, 0.05) is 18.0 Å². The van der Waals surface area contributed by atoms with Crippen LogP contribution in [0, 0.1) is 11.3 Å². The molecule has 1 aromatic carbocycles.